The quantitative estimate of drug-likeness (QED) is 0.537. The van der Waals surface area contributed by atoms with Crippen molar-refractivity contribution in [1.29, 1.82) is 5.26 Å². The van der Waals surface area contributed by atoms with E-state index in [0.29, 0.717) is 0 Å². The smallest absolute Gasteiger partial charge is 0.320 e. The number of hydrogen-bond acceptors (Lipinski definition) is 8. The first-order chi connectivity index (χ1) is 16.0. The maximum atomic E-state index is 13.5. The van der Waals surface area contributed by atoms with Gasteiger partial charge >= 0.3 is 5.97 Å². The molecule has 2 saturated heterocycles. The summed E-state index contributed by atoms with van der Waals surface area (Å²) in [6.45, 7) is 6.45. The third-order valence-electron chi connectivity index (χ3n) is 7.40. The monoisotopic (exact) mass is 509 g/mol. The number of carboxylic acids is 1. The minimum atomic E-state index is -3.96. The Labute approximate surface area is 203 Å². The Bertz CT molecular complexity index is 1150. The number of sulfone groups is 1. The van der Waals surface area contributed by atoms with Gasteiger partial charge in [-0.05, 0) is 37.6 Å². The van der Waals surface area contributed by atoms with Gasteiger partial charge in [-0.2, -0.15) is 5.26 Å². The maximum Gasteiger partial charge on any atom is 0.320 e. The SMILES string of the molecule is CCN1CCN(c2ccc(S(=O)(=O)[C@@H]3C[C@@H](C(=O)O)N(C4CC4(C#N)C(N)=O)C3)c(Cl)c2)CC1. The summed E-state index contributed by atoms with van der Waals surface area (Å²) in [5.74, 6) is -2.03. The van der Waals surface area contributed by atoms with Crippen LogP contribution < -0.4 is 10.6 Å². The van der Waals surface area contributed by atoms with Crippen LogP contribution in [-0.2, 0) is 19.4 Å². The Morgan fingerprint density at radius 1 is 1.29 bits per heavy atom. The van der Waals surface area contributed by atoms with Gasteiger partial charge < -0.3 is 20.6 Å². The van der Waals surface area contributed by atoms with E-state index >= 15 is 0 Å². The number of rotatable bonds is 7. The summed E-state index contributed by atoms with van der Waals surface area (Å²) >= 11 is 6.44. The highest BCUT2D eigenvalue weighted by atomic mass is 35.5. The lowest BCUT2D eigenvalue weighted by Crippen LogP contribution is -2.46. The van der Waals surface area contributed by atoms with Crippen LogP contribution in [0.25, 0.3) is 0 Å². The third kappa shape index (κ3) is 4.13. The van der Waals surface area contributed by atoms with E-state index in [4.69, 9.17) is 17.3 Å². The van der Waals surface area contributed by atoms with Crippen LogP contribution in [-0.4, -0.2) is 91.8 Å². The van der Waals surface area contributed by atoms with Crippen LogP contribution in [0, 0.1) is 16.7 Å². The number of likely N-dealkylation sites (N-methyl/N-ethyl adjacent to an activating group) is 1. The fraction of sp³-hybridized carbons (Fsp3) is 0.591. The summed E-state index contributed by atoms with van der Waals surface area (Å²) < 4.78 is 26.9. The van der Waals surface area contributed by atoms with Crippen LogP contribution in [0.4, 0.5) is 5.69 Å². The molecule has 184 valence electrons. The normalized spacial score (nSPS) is 30.1. The van der Waals surface area contributed by atoms with Crippen molar-refractivity contribution in [3.05, 3.63) is 23.2 Å². The number of halogens is 1. The van der Waals surface area contributed by atoms with E-state index in [-0.39, 0.29) is 29.3 Å². The molecule has 3 fully saturated rings. The molecule has 2 unspecified atom stereocenters. The molecule has 4 rings (SSSR count). The second-order valence-electron chi connectivity index (χ2n) is 9.16. The predicted molar refractivity (Wildman–Crippen MR) is 125 cm³/mol. The zero-order chi connectivity index (χ0) is 24.8. The van der Waals surface area contributed by atoms with E-state index in [0.717, 1.165) is 38.4 Å². The minimum Gasteiger partial charge on any atom is -0.480 e. The molecule has 34 heavy (non-hydrogen) atoms. The van der Waals surface area contributed by atoms with Crippen LogP contribution >= 0.6 is 11.6 Å². The molecule has 12 heteroatoms. The first kappa shape index (κ1) is 24.7. The van der Waals surface area contributed by atoms with Gasteiger partial charge in [0.25, 0.3) is 0 Å². The molecule has 0 aromatic heterocycles. The Balaban J connectivity index is 1.55. The van der Waals surface area contributed by atoms with Crippen LogP contribution in [0.15, 0.2) is 23.1 Å². The molecule has 1 aromatic rings. The van der Waals surface area contributed by atoms with Crippen molar-refractivity contribution in [2.75, 3.05) is 44.2 Å². The summed E-state index contributed by atoms with van der Waals surface area (Å²) in [5, 5.41) is 18.2. The lowest BCUT2D eigenvalue weighted by atomic mass is 10.1. The zero-order valence-corrected chi connectivity index (χ0v) is 20.4. The van der Waals surface area contributed by atoms with Gasteiger partial charge in [0.2, 0.25) is 5.91 Å². The number of carbonyl (C=O) groups is 2. The summed E-state index contributed by atoms with van der Waals surface area (Å²) in [6.07, 6.45) is -0.0678. The van der Waals surface area contributed by atoms with E-state index in [9.17, 15) is 28.4 Å². The largest absolute Gasteiger partial charge is 0.480 e. The molecule has 1 amide bonds. The molecule has 2 heterocycles. The maximum absolute atomic E-state index is 13.5. The second kappa shape index (κ2) is 9.00. The first-order valence-electron chi connectivity index (χ1n) is 11.3. The standard InChI is InChI=1S/C22H28ClN5O5S/c1-2-26-5-7-27(8-6-26)14-3-4-18(16(23)9-14)34(32,33)15-10-17(20(29)30)28(12-15)19-11-22(19,13-24)21(25)31/h3-4,9,15,17,19H,2,5-8,10-12H2,1H3,(H2,25,31)(H,29,30)/t15-,17+,19?,22?/m1/s1. The van der Waals surface area contributed by atoms with E-state index < -0.39 is 44.5 Å². The van der Waals surface area contributed by atoms with E-state index in [1.807, 2.05) is 6.07 Å². The summed E-state index contributed by atoms with van der Waals surface area (Å²) in [4.78, 5) is 29.5. The Hall–Kier alpha value is -2.39. The van der Waals surface area contributed by atoms with Crippen LogP contribution in [0.1, 0.15) is 19.8 Å². The Morgan fingerprint density at radius 2 is 1.97 bits per heavy atom. The topological polar surface area (TPSA) is 148 Å². The molecular formula is C22H28ClN5O5S. The number of nitrogens with two attached hydrogens (primary N) is 1. The van der Waals surface area contributed by atoms with Crippen LogP contribution in [0.5, 0.6) is 0 Å². The van der Waals surface area contributed by atoms with Gasteiger partial charge in [-0.3, -0.25) is 14.5 Å². The lowest BCUT2D eigenvalue weighted by Gasteiger charge is -2.35. The van der Waals surface area contributed by atoms with Crippen molar-refractivity contribution in [3.63, 3.8) is 0 Å². The molecule has 4 atom stereocenters. The van der Waals surface area contributed by atoms with Crippen molar-refractivity contribution in [2.45, 2.75) is 42.0 Å². The number of hydrogen-bond donors (Lipinski definition) is 2. The number of amides is 1. The molecular weight excluding hydrogens is 482 g/mol. The highest BCUT2D eigenvalue weighted by Gasteiger charge is 2.66. The van der Waals surface area contributed by atoms with Crippen LogP contribution in [0.3, 0.4) is 0 Å². The van der Waals surface area contributed by atoms with Crippen molar-refractivity contribution in [3.8, 4) is 6.07 Å². The molecule has 3 aliphatic rings. The molecule has 0 bridgehead atoms. The average molecular weight is 510 g/mol. The van der Waals surface area contributed by atoms with Gasteiger partial charge in [0.05, 0.1) is 21.2 Å². The Morgan fingerprint density at radius 3 is 2.47 bits per heavy atom. The third-order valence-corrected chi connectivity index (χ3v) is 10.0. The summed E-state index contributed by atoms with van der Waals surface area (Å²) in [6, 6.07) is 4.91. The van der Waals surface area contributed by atoms with Crippen molar-refractivity contribution in [1.82, 2.24) is 9.80 Å². The number of primary amides is 1. The molecule has 1 aliphatic carbocycles. The highest BCUT2D eigenvalue weighted by molar-refractivity contribution is 7.92. The van der Waals surface area contributed by atoms with E-state index in [1.165, 1.54) is 11.0 Å². The second-order valence-corrected chi connectivity index (χ2v) is 11.8. The van der Waals surface area contributed by atoms with Crippen molar-refractivity contribution < 1.29 is 23.1 Å². The van der Waals surface area contributed by atoms with Gasteiger partial charge in [0.15, 0.2) is 15.3 Å². The molecule has 3 N–H and O–H groups in total. The number of nitriles is 1. The van der Waals surface area contributed by atoms with E-state index in [2.05, 4.69) is 16.7 Å². The number of piperazine rings is 1. The van der Waals surface area contributed by atoms with Gasteiger partial charge in [0, 0.05) is 44.5 Å². The predicted octanol–water partition coefficient (Wildman–Crippen LogP) is 0.551. The summed E-state index contributed by atoms with van der Waals surface area (Å²) in [7, 11) is -3.96. The summed E-state index contributed by atoms with van der Waals surface area (Å²) in [5.41, 5.74) is 4.73. The number of likely N-dealkylation sites (tertiary alicyclic amines) is 1. The number of anilines is 1. The van der Waals surface area contributed by atoms with Gasteiger partial charge in [0.1, 0.15) is 6.04 Å². The average Bonchev–Trinajstić information content (AvgIpc) is 3.39. The molecule has 0 spiro atoms. The molecule has 0 radical (unpaired) electrons. The van der Waals surface area contributed by atoms with Crippen molar-refractivity contribution in [2.24, 2.45) is 11.1 Å². The lowest BCUT2D eigenvalue weighted by molar-refractivity contribution is -0.142. The fourth-order valence-electron chi connectivity index (χ4n) is 5.14. The molecule has 10 nitrogen and oxygen atoms in total. The van der Waals surface area contributed by atoms with Gasteiger partial charge in [-0.1, -0.05) is 18.5 Å². The molecule has 1 aromatic carbocycles. The minimum absolute atomic E-state index is 0.0432. The number of nitrogens with zero attached hydrogens (tertiary/aromatic N) is 4. The number of aliphatic carboxylic acids is 1. The fourth-order valence-corrected chi connectivity index (χ4v) is 7.39. The molecule has 1 saturated carbocycles. The number of carbonyl (C=O) groups excluding carboxylic acids is 1. The highest BCUT2D eigenvalue weighted by Crippen LogP contribution is 2.51. The number of benzene rings is 1. The van der Waals surface area contributed by atoms with Crippen molar-refractivity contribution >= 4 is 39.0 Å². The van der Waals surface area contributed by atoms with E-state index in [1.54, 1.807) is 12.1 Å². The van der Waals surface area contributed by atoms with Crippen LogP contribution in [0.2, 0.25) is 5.02 Å². The number of carboxylic acid groups (broad SMARTS) is 1. The molecule has 2 aliphatic heterocycles. The zero-order valence-electron chi connectivity index (χ0n) is 18.9. The Kier molecular flexibility index (Phi) is 6.54. The van der Waals surface area contributed by atoms with Gasteiger partial charge in [-0.15, -0.1) is 0 Å². The first-order valence-corrected chi connectivity index (χ1v) is 13.2. The van der Waals surface area contributed by atoms with Gasteiger partial charge in [-0.25, -0.2) is 8.42 Å².